The van der Waals surface area contributed by atoms with Gasteiger partial charge in [-0.25, -0.2) is 0 Å². The first-order valence-corrected chi connectivity index (χ1v) is 6.77. The summed E-state index contributed by atoms with van der Waals surface area (Å²) < 4.78 is 0. The molecule has 2 rings (SSSR count). The van der Waals surface area contributed by atoms with Crippen molar-refractivity contribution in [2.24, 2.45) is 0 Å². The summed E-state index contributed by atoms with van der Waals surface area (Å²) in [5, 5.41) is 1.99. The maximum absolute atomic E-state index is 12.2. The summed E-state index contributed by atoms with van der Waals surface area (Å²) in [7, 11) is 0. The number of amides is 1. The molecule has 0 atom stereocenters. The largest absolute Gasteiger partial charge is 0.399 e. The van der Waals surface area contributed by atoms with E-state index in [1.807, 2.05) is 48.7 Å². The van der Waals surface area contributed by atoms with Crippen molar-refractivity contribution in [1.82, 2.24) is 0 Å². The summed E-state index contributed by atoms with van der Waals surface area (Å²) in [6.45, 7) is 2.64. The van der Waals surface area contributed by atoms with E-state index >= 15 is 0 Å². The number of benzene rings is 1. The lowest BCUT2D eigenvalue weighted by Crippen LogP contribution is -2.31. The Kier molecular flexibility index (Phi) is 3.99. The fourth-order valence-electron chi connectivity index (χ4n) is 1.81. The summed E-state index contributed by atoms with van der Waals surface area (Å²) in [5.41, 5.74) is 7.26. The molecule has 0 radical (unpaired) electrons. The summed E-state index contributed by atoms with van der Waals surface area (Å²) in [6.07, 6.45) is 0.454. The molecule has 1 aromatic heterocycles. The molecule has 1 aromatic carbocycles. The SMILES string of the molecule is CCN(C(=O)Cc1cccs1)c1ccc(N)cc1. The lowest BCUT2D eigenvalue weighted by Gasteiger charge is -2.20. The van der Waals surface area contributed by atoms with Gasteiger partial charge in [-0.05, 0) is 42.6 Å². The monoisotopic (exact) mass is 260 g/mol. The number of nitrogens with zero attached hydrogens (tertiary/aromatic N) is 1. The Morgan fingerprint density at radius 3 is 2.56 bits per heavy atom. The third kappa shape index (κ3) is 2.90. The van der Waals surface area contributed by atoms with Crippen LogP contribution in [0.2, 0.25) is 0 Å². The fourth-order valence-corrected chi connectivity index (χ4v) is 2.51. The second kappa shape index (κ2) is 5.69. The molecule has 18 heavy (non-hydrogen) atoms. The van der Waals surface area contributed by atoms with Gasteiger partial charge in [-0.3, -0.25) is 4.79 Å². The molecule has 1 heterocycles. The highest BCUT2D eigenvalue weighted by Crippen LogP contribution is 2.18. The molecule has 1 amide bonds. The van der Waals surface area contributed by atoms with E-state index in [2.05, 4.69) is 0 Å². The standard InChI is InChI=1S/C14H16N2OS/c1-2-16(12-7-5-11(15)6-8-12)14(17)10-13-4-3-9-18-13/h3-9H,2,10,15H2,1H3. The van der Waals surface area contributed by atoms with Gasteiger partial charge in [-0.1, -0.05) is 6.07 Å². The van der Waals surface area contributed by atoms with E-state index in [4.69, 9.17) is 5.73 Å². The average Bonchev–Trinajstić information content (AvgIpc) is 2.85. The molecule has 3 nitrogen and oxygen atoms in total. The van der Waals surface area contributed by atoms with Crippen LogP contribution in [0.1, 0.15) is 11.8 Å². The number of carbonyl (C=O) groups is 1. The van der Waals surface area contributed by atoms with Crippen LogP contribution in [0.15, 0.2) is 41.8 Å². The molecule has 4 heteroatoms. The van der Waals surface area contributed by atoms with Gasteiger partial charge in [0.15, 0.2) is 0 Å². The minimum atomic E-state index is 0.115. The van der Waals surface area contributed by atoms with Gasteiger partial charge in [0.1, 0.15) is 0 Å². The van der Waals surface area contributed by atoms with E-state index in [1.165, 1.54) is 0 Å². The second-order valence-electron chi connectivity index (χ2n) is 3.99. The van der Waals surface area contributed by atoms with Gasteiger partial charge >= 0.3 is 0 Å². The van der Waals surface area contributed by atoms with Gasteiger partial charge < -0.3 is 10.6 Å². The van der Waals surface area contributed by atoms with Crippen LogP contribution in [0.4, 0.5) is 11.4 Å². The van der Waals surface area contributed by atoms with Crippen LogP contribution in [-0.2, 0) is 11.2 Å². The van der Waals surface area contributed by atoms with Crippen molar-refractivity contribution in [1.29, 1.82) is 0 Å². The number of carbonyl (C=O) groups excluding carboxylic acids is 1. The number of likely N-dealkylation sites (N-methyl/N-ethyl adjacent to an activating group) is 1. The summed E-state index contributed by atoms with van der Waals surface area (Å²) >= 11 is 1.61. The molecule has 0 unspecified atom stereocenters. The van der Waals surface area contributed by atoms with Crippen molar-refractivity contribution in [3.63, 3.8) is 0 Å². The lowest BCUT2D eigenvalue weighted by molar-refractivity contribution is -0.117. The van der Waals surface area contributed by atoms with Crippen LogP contribution < -0.4 is 10.6 Å². The van der Waals surface area contributed by atoms with Crippen molar-refractivity contribution in [3.05, 3.63) is 46.7 Å². The highest BCUT2D eigenvalue weighted by molar-refractivity contribution is 7.10. The van der Waals surface area contributed by atoms with Crippen LogP contribution in [-0.4, -0.2) is 12.5 Å². The molecular formula is C14H16N2OS. The van der Waals surface area contributed by atoms with E-state index in [9.17, 15) is 4.79 Å². The molecule has 0 bridgehead atoms. The second-order valence-corrected chi connectivity index (χ2v) is 5.02. The normalized spacial score (nSPS) is 10.3. The minimum Gasteiger partial charge on any atom is -0.399 e. The number of thiophene rings is 1. The highest BCUT2D eigenvalue weighted by Gasteiger charge is 2.14. The molecule has 0 saturated carbocycles. The summed E-state index contributed by atoms with van der Waals surface area (Å²) in [4.78, 5) is 15.1. The number of rotatable bonds is 4. The summed E-state index contributed by atoms with van der Waals surface area (Å²) in [5.74, 6) is 0.115. The number of hydrogen-bond donors (Lipinski definition) is 1. The minimum absolute atomic E-state index is 0.115. The molecule has 0 aliphatic heterocycles. The molecular weight excluding hydrogens is 244 g/mol. The fraction of sp³-hybridized carbons (Fsp3) is 0.214. The molecule has 2 aromatic rings. The third-order valence-corrected chi connectivity index (χ3v) is 3.60. The molecule has 2 N–H and O–H groups in total. The van der Waals surface area contributed by atoms with Gasteiger partial charge in [0.05, 0.1) is 6.42 Å². The van der Waals surface area contributed by atoms with Crippen molar-refractivity contribution in [3.8, 4) is 0 Å². The molecule has 0 saturated heterocycles. The Morgan fingerprint density at radius 1 is 1.28 bits per heavy atom. The first-order valence-electron chi connectivity index (χ1n) is 5.89. The van der Waals surface area contributed by atoms with Gasteiger partial charge in [-0.15, -0.1) is 11.3 Å². The molecule has 0 spiro atoms. The topological polar surface area (TPSA) is 46.3 Å². The predicted octanol–water partition coefficient (Wildman–Crippen LogP) is 2.93. The van der Waals surface area contributed by atoms with Crippen molar-refractivity contribution >= 4 is 28.6 Å². The smallest absolute Gasteiger partial charge is 0.232 e. The van der Waals surface area contributed by atoms with Crippen LogP contribution in [0.5, 0.6) is 0 Å². The molecule has 0 fully saturated rings. The maximum Gasteiger partial charge on any atom is 0.232 e. The third-order valence-electron chi connectivity index (χ3n) is 2.73. The van der Waals surface area contributed by atoms with Crippen molar-refractivity contribution in [2.75, 3.05) is 17.2 Å². The molecule has 0 aliphatic carbocycles. The van der Waals surface area contributed by atoms with Gasteiger partial charge in [0.25, 0.3) is 0 Å². The summed E-state index contributed by atoms with van der Waals surface area (Å²) in [6, 6.07) is 11.3. The number of nitrogen functional groups attached to an aromatic ring is 1. The maximum atomic E-state index is 12.2. The number of nitrogens with two attached hydrogens (primary N) is 1. The van der Waals surface area contributed by atoms with E-state index in [1.54, 1.807) is 16.2 Å². The predicted molar refractivity (Wildman–Crippen MR) is 76.9 cm³/mol. The van der Waals surface area contributed by atoms with Crippen LogP contribution >= 0.6 is 11.3 Å². The first kappa shape index (κ1) is 12.6. The molecule has 0 aliphatic rings. The number of anilines is 2. The Balaban J connectivity index is 2.13. The zero-order valence-corrected chi connectivity index (χ0v) is 11.1. The van der Waals surface area contributed by atoms with Crippen molar-refractivity contribution < 1.29 is 4.79 Å². The quantitative estimate of drug-likeness (QED) is 0.859. The highest BCUT2D eigenvalue weighted by atomic mass is 32.1. The Morgan fingerprint density at radius 2 is 2.00 bits per heavy atom. The van der Waals surface area contributed by atoms with Crippen LogP contribution in [0.3, 0.4) is 0 Å². The van der Waals surface area contributed by atoms with Crippen LogP contribution in [0.25, 0.3) is 0 Å². The lowest BCUT2D eigenvalue weighted by atomic mass is 10.2. The Labute approximate surface area is 111 Å². The van der Waals surface area contributed by atoms with Gasteiger partial charge in [0, 0.05) is 22.8 Å². The van der Waals surface area contributed by atoms with E-state index < -0.39 is 0 Å². The Hall–Kier alpha value is -1.81. The average molecular weight is 260 g/mol. The van der Waals surface area contributed by atoms with Gasteiger partial charge in [0.2, 0.25) is 5.91 Å². The van der Waals surface area contributed by atoms with Crippen molar-refractivity contribution in [2.45, 2.75) is 13.3 Å². The zero-order valence-electron chi connectivity index (χ0n) is 10.3. The van der Waals surface area contributed by atoms with Crippen LogP contribution in [0, 0.1) is 0 Å². The first-order chi connectivity index (χ1) is 8.70. The Bertz CT molecular complexity index is 505. The number of hydrogen-bond acceptors (Lipinski definition) is 3. The van der Waals surface area contributed by atoms with Gasteiger partial charge in [-0.2, -0.15) is 0 Å². The zero-order chi connectivity index (χ0) is 13.0. The van der Waals surface area contributed by atoms with E-state index in [0.29, 0.717) is 18.7 Å². The molecule has 94 valence electrons. The van der Waals surface area contributed by atoms with E-state index in [0.717, 1.165) is 10.6 Å². The van der Waals surface area contributed by atoms with E-state index in [-0.39, 0.29) is 5.91 Å².